The number of ether oxygens (including phenoxy) is 2. The van der Waals surface area contributed by atoms with Crippen molar-refractivity contribution in [3.05, 3.63) is 42.2 Å². The minimum atomic E-state index is -0.509. The number of anilines is 1. The van der Waals surface area contributed by atoms with Crippen molar-refractivity contribution >= 4 is 38.7 Å². The molecule has 1 aliphatic rings. The normalized spacial score (nSPS) is 16.2. The number of piperidine rings is 1. The van der Waals surface area contributed by atoms with E-state index >= 15 is 0 Å². The third-order valence-electron chi connectivity index (χ3n) is 5.19. The summed E-state index contributed by atoms with van der Waals surface area (Å²) in [6.45, 7) is 6.90. The van der Waals surface area contributed by atoms with E-state index in [0.29, 0.717) is 30.3 Å². The van der Waals surface area contributed by atoms with Crippen LogP contribution in [0.25, 0.3) is 10.2 Å². The van der Waals surface area contributed by atoms with Crippen molar-refractivity contribution in [1.29, 1.82) is 0 Å². The van der Waals surface area contributed by atoms with Crippen LogP contribution in [0.1, 0.15) is 44.1 Å². The monoisotopic (exact) mass is 483 g/mol. The van der Waals surface area contributed by atoms with Crippen LogP contribution >= 0.6 is 11.3 Å². The summed E-state index contributed by atoms with van der Waals surface area (Å²) in [6, 6.07) is 9.08. The summed E-state index contributed by atoms with van der Waals surface area (Å²) in [5, 5.41) is 6.83. The van der Waals surface area contributed by atoms with Crippen molar-refractivity contribution in [3.8, 4) is 11.5 Å². The highest BCUT2D eigenvalue weighted by molar-refractivity contribution is 7.22. The number of thiazole rings is 1. The number of pyridine rings is 1. The lowest BCUT2D eigenvalue weighted by Gasteiger charge is -2.34. The first-order valence-corrected chi connectivity index (χ1v) is 12.0. The molecule has 2 N–H and O–H groups in total. The maximum atomic E-state index is 12.4. The minimum Gasteiger partial charge on any atom is -0.457 e. The number of hydrogen-bond acceptors (Lipinski definition) is 8. The molecule has 1 aliphatic heterocycles. The van der Waals surface area contributed by atoms with Crippen LogP contribution in [-0.4, -0.2) is 58.6 Å². The van der Waals surface area contributed by atoms with Crippen molar-refractivity contribution < 1.29 is 19.1 Å². The van der Waals surface area contributed by atoms with Crippen LogP contribution in [0.3, 0.4) is 0 Å². The van der Waals surface area contributed by atoms with E-state index < -0.39 is 5.60 Å². The molecular formula is C24H29N5O4S. The Morgan fingerprint density at radius 1 is 1.18 bits per heavy atom. The van der Waals surface area contributed by atoms with Gasteiger partial charge in [0, 0.05) is 44.5 Å². The van der Waals surface area contributed by atoms with Gasteiger partial charge in [-0.05, 0) is 51.8 Å². The van der Waals surface area contributed by atoms with E-state index in [2.05, 4.69) is 20.6 Å². The minimum absolute atomic E-state index is 0.109. The van der Waals surface area contributed by atoms with E-state index in [9.17, 15) is 9.59 Å². The Hall–Kier alpha value is -3.40. The zero-order valence-corrected chi connectivity index (χ0v) is 20.6. The predicted octanol–water partition coefficient (Wildman–Crippen LogP) is 4.65. The van der Waals surface area contributed by atoms with E-state index in [0.717, 1.165) is 28.2 Å². The largest absolute Gasteiger partial charge is 0.457 e. The molecular weight excluding hydrogens is 454 g/mol. The van der Waals surface area contributed by atoms with Crippen molar-refractivity contribution in [2.24, 2.45) is 0 Å². The zero-order valence-electron chi connectivity index (χ0n) is 19.8. The lowest BCUT2D eigenvalue weighted by molar-refractivity contribution is 0.0206. The van der Waals surface area contributed by atoms with Crippen molar-refractivity contribution in [2.75, 3.05) is 25.5 Å². The van der Waals surface area contributed by atoms with Gasteiger partial charge in [0.1, 0.15) is 22.8 Å². The lowest BCUT2D eigenvalue weighted by Crippen LogP contribution is -2.46. The molecule has 0 spiro atoms. The lowest BCUT2D eigenvalue weighted by atomic mass is 10.1. The van der Waals surface area contributed by atoms with Crippen molar-refractivity contribution in [1.82, 2.24) is 20.2 Å². The van der Waals surface area contributed by atoms with Gasteiger partial charge in [0.05, 0.1) is 10.2 Å². The number of rotatable bonds is 5. The molecule has 0 bridgehead atoms. The Kier molecular flexibility index (Phi) is 6.87. The van der Waals surface area contributed by atoms with E-state index in [1.807, 2.05) is 39.0 Å². The van der Waals surface area contributed by atoms with E-state index in [1.54, 1.807) is 24.1 Å². The fourth-order valence-corrected chi connectivity index (χ4v) is 4.63. The first kappa shape index (κ1) is 23.7. The molecule has 1 saturated heterocycles. The molecule has 10 heteroatoms. The van der Waals surface area contributed by atoms with E-state index in [-0.39, 0.29) is 18.0 Å². The van der Waals surface area contributed by atoms with Gasteiger partial charge in [0.15, 0.2) is 5.13 Å². The zero-order chi connectivity index (χ0) is 24.3. The molecule has 1 aromatic carbocycles. The summed E-state index contributed by atoms with van der Waals surface area (Å²) in [6.07, 6.45) is 3.13. The number of nitrogens with one attached hydrogen (secondary N) is 2. The maximum Gasteiger partial charge on any atom is 0.410 e. The molecule has 1 atom stereocenters. The highest BCUT2D eigenvalue weighted by atomic mass is 32.1. The third kappa shape index (κ3) is 5.93. The van der Waals surface area contributed by atoms with Gasteiger partial charge in [-0.25, -0.2) is 9.78 Å². The summed E-state index contributed by atoms with van der Waals surface area (Å²) in [5.74, 6) is 0.901. The van der Waals surface area contributed by atoms with Gasteiger partial charge >= 0.3 is 6.09 Å². The number of amides is 2. The van der Waals surface area contributed by atoms with Crippen LogP contribution in [0.5, 0.6) is 11.5 Å². The number of benzene rings is 1. The summed E-state index contributed by atoms with van der Waals surface area (Å²) in [4.78, 5) is 34.7. The molecule has 34 heavy (non-hydrogen) atoms. The smallest absolute Gasteiger partial charge is 0.410 e. The quantitative estimate of drug-likeness (QED) is 0.544. The Balaban J connectivity index is 1.42. The fraction of sp³-hybridized carbons (Fsp3) is 0.417. The van der Waals surface area contributed by atoms with Crippen LogP contribution in [0.15, 0.2) is 36.5 Å². The van der Waals surface area contributed by atoms with Crippen LogP contribution < -0.4 is 15.4 Å². The van der Waals surface area contributed by atoms with Gasteiger partial charge < -0.3 is 25.0 Å². The molecule has 3 aromatic rings. The van der Waals surface area contributed by atoms with E-state index in [4.69, 9.17) is 9.47 Å². The number of fused-ring (bicyclic) bond motifs is 1. The summed E-state index contributed by atoms with van der Waals surface area (Å²) in [7, 11) is 1.56. The second kappa shape index (κ2) is 9.84. The van der Waals surface area contributed by atoms with Gasteiger partial charge in [-0.2, -0.15) is 0 Å². The number of hydrogen-bond donors (Lipinski definition) is 2. The SMILES string of the molecule is CNC(=O)c1cc(Oc2ccc3nc(N[C@@H]4CCCN(C(=O)OC(C)(C)C)C4)sc3c2)ccn1. The number of carbonyl (C=O) groups is 2. The van der Waals surface area contributed by atoms with Gasteiger partial charge in [-0.3, -0.25) is 9.78 Å². The summed E-state index contributed by atoms with van der Waals surface area (Å²) >= 11 is 1.53. The Morgan fingerprint density at radius 3 is 2.74 bits per heavy atom. The van der Waals surface area contributed by atoms with Gasteiger partial charge in [0.25, 0.3) is 5.91 Å². The van der Waals surface area contributed by atoms with Crippen LogP contribution in [-0.2, 0) is 4.74 Å². The average Bonchev–Trinajstić information content (AvgIpc) is 3.19. The molecule has 0 aliphatic carbocycles. The highest BCUT2D eigenvalue weighted by Crippen LogP contribution is 2.32. The van der Waals surface area contributed by atoms with Gasteiger partial charge in [-0.1, -0.05) is 11.3 Å². The Morgan fingerprint density at radius 2 is 1.97 bits per heavy atom. The summed E-state index contributed by atoms with van der Waals surface area (Å²) in [5.41, 5.74) is 0.642. The Labute approximate surface area is 202 Å². The number of likely N-dealkylation sites (tertiary alicyclic amines) is 1. The Bertz CT molecular complexity index is 1190. The first-order chi connectivity index (χ1) is 16.2. The topological polar surface area (TPSA) is 106 Å². The molecule has 180 valence electrons. The average molecular weight is 484 g/mol. The highest BCUT2D eigenvalue weighted by Gasteiger charge is 2.28. The van der Waals surface area contributed by atoms with E-state index in [1.165, 1.54) is 17.5 Å². The molecule has 3 heterocycles. The molecule has 0 radical (unpaired) electrons. The molecule has 1 fully saturated rings. The number of aromatic nitrogens is 2. The van der Waals surface area contributed by atoms with Crippen LogP contribution in [0, 0.1) is 0 Å². The van der Waals surface area contributed by atoms with Crippen LogP contribution in [0.4, 0.5) is 9.93 Å². The van der Waals surface area contributed by atoms with Crippen molar-refractivity contribution in [2.45, 2.75) is 45.3 Å². The number of carbonyl (C=O) groups excluding carboxylic acids is 2. The standard InChI is InChI=1S/C24H29N5O4S/c1-24(2,3)33-23(31)29-11-5-6-15(14-29)27-22-28-18-8-7-16(13-20(18)34-22)32-17-9-10-26-19(12-17)21(30)25-4/h7-10,12-13,15H,5-6,11,14H2,1-4H3,(H,25,30)(H,27,28)/t15-/m1/s1. The molecule has 2 amide bonds. The summed E-state index contributed by atoms with van der Waals surface area (Å²) < 4.78 is 12.4. The number of nitrogens with zero attached hydrogens (tertiary/aromatic N) is 3. The second-order valence-corrected chi connectivity index (χ2v) is 10.1. The van der Waals surface area contributed by atoms with Crippen molar-refractivity contribution in [3.63, 3.8) is 0 Å². The van der Waals surface area contributed by atoms with Crippen LogP contribution in [0.2, 0.25) is 0 Å². The predicted molar refractivity (Wildman–Crippen MR) is 132 cm³/mol. The third-order valence-corrected chi connectivity index (χ3v) is 6.14. The molecule has 2 aromatic heterocycles. The first-order valence-electron chi connectivity index (χ1n) is 11.2. The molecule has 4 rings (SSSR count). The molecule has 0 saturated carbocycles. The molecule has 0 unspecified atom stereocenters. The maximum absolute atomic E-state index is 12.4. The van der Waals surface area contributed by atoms with Gasteiger partial charge in [0.2, 0.25) is 0 Å². The molecule has 9 nitrogen and oxygen atoms in total. The second-order valence-electron chi connectivity index (χ2n) is 9.12. The fourth-order valence-electron chi connectivity index (χ4n) is 3.66. The van der Waals surface area contributed by atoms with Gasteiger partial charge in [-0.15, -0.1) is 0 Å².